The maximum Gasteiger partial charge on any atom is 0.177 e. The fourth-order valence-corrected chi connectivity index (χ4v) is 2.79. The topological polar surface area (TPSA) is 41.7 Å². The van der Waals surface area contributed by atoms with Crippen LogP contribution >= 0.6 is 24.2 Å². The monoisotopic (exact) mass is 320 g/mol. The molecule has 0 atom stereocenters. The molecule has 0 bridgehead atoms. The first kappa shape index (κ1) is 15.7. The number of hydrogen-bond donors (Lipinski definition) is 1. The largest absolute Gasteiger partial charge is 0.350 e. The fourth-order valence-electron chi connectivity index (χ4n) is 2.04. The average Bonchev–Trinajstić information content (AvgIpc) is 2.93. The molecule has 2 aromatic rings. The Hall–Kier alpha value is -1.72. The van der Waals surface area contributed by atoms with E-state index in [4.69, 9.17) is 0 Å². The second-order valence-electron chi connectivity index (χ2n) is 4.57. The van der Waals surface area contributed by atoms with Crippen LogP contribution in [0.15, 0.2) is 58.8 Å². The van der Waals surface area contributed by atoms with Gasteiger partial charge in [0, 0.05) is 19.0 Å². The molecule has 1 aliphatic heterocycles. The molecule has 21 heavy (non-hydrogen) atoms. The Labute approximate surface area is 134 Å². The van der Waals surface area contributed by atoms with Crippen molar-refractivity contribution < 1.29 is 0 Å². The Bertz CT molecular complexity index is 649. The van der Waals surface area contributed by atoms with Crippen molar-refractivity contribution in [2.45, 2.75) is 6.54 Å². The number of nitrogens with one attached hydrogen (secondary N) is 1. The Kier molecular flexibility index (Phi) is 5.47. The molecule has 6 heteroatoms. The highest BCUT2D eigenvalue weighted by molar-refractivity contribution is 8.14. The van der Waals surface area contributed by atoms with E-state index in [1.54, 1.807) is 11.8 Å². The molecule has 0 unspecified atom stereocenters. The van der Waals surface area contributed by atoms with E-state index in [9.17, 15) is 0 Å². The summed E-state index contributed by atoms with van der Waals surface area (Å²) in [5.41, 5.74) is 6.45. The van der Waals surface area contributed by atoms with Crippen molar-refractivity contribution in [3.8, 4) is 0 Å². The van der Waals surface area contributed by atoms with Crippen molar-refractivity contribution in [1.82, 2.24) is 9.99 Å². The minimum absolute atomic E-state index is 0. The molecule has 2 heterocycles. The molecule has 0 spiro atoms. The van der Waals surface area contributed by atoms with Crippen molar-refractivity contribution in [3.05, 3.63) is 59.9 Å². The number of rotatable bonds is 3. The van der Waals surface area contributed by atoms with E-state index >= 15 is 0 Å². The highest BCUT2D eigenvalue weighted by Crippen LogP contribution is 2.14. The number of aromatic nitrogens is 1. The van der Waals surface area contributed by atoms with E-state index < -0.39 is 0 Å². The van der Waals surface area contributed by atoms with E-state index in [0.717, 1.165) is 22.3 Å². The Balaban J connectivity index is 0.00000161. The summed E-state index contributed by atoms with van der Waals surface area (Å²) < 4.78 is 2.08. The standard InChI is InChI=1S/C15H16N4S.ClH/c1-19-9-5-8-14(19)13-11-20-15(18-17-13)16-10-12-6-3-2-4-7-12;/h2-9H,10-11H2,1H3,(H,16,18);1H. The Morgan fingerprint density at radius 1 is 1.24 bits per heavy atom. The minimum atomic E-state index is 0. The van der Waals surface area contributed by atoms with Gasteiger partial charge in [-0.25, -0.2) is 0 Å². The van der Waals surface area contributed by atoms with Crippen molar-refractivity contribution in [2.24, 2.45) is 17.1 Å². The van der Waals surface area contributed by atoms with Crippen LogP contribution in [0.5, 0.6) is 0 Å². The first-order valence-corrected chi connectivity index (χ1v) is 7.47. The third kappa shape index (κ3) is 3.89. The van der Waals surface area contributed by atoms with E-state index in [2.05, 4.69) is 38.3 Å². The predicted octanol–water partition coefficient (Wildman–Crippen LogP) is 3.04. The van der Waals surface area contributed by atoms with Crippen LogP contribution in [0.4, 0.5) is 0 Å². The summed E-state index contributed by atoms with van der Waals surface area (Å²) in [6.07, 6.45) is 2.03. The van der Waals surface area contributed by atoms with Crippen LogP contribution in [0.1, 0.15) is 11.3 Å². The molecule has 0 radical (unpaired) electrons. The maximum atomic E-state index is 4.55. The van der Waals surface area contributed by atoms with Gasteiger partial charge in [0.25, 0.3) is 0 Å². The van der Waals surface area contributed by atoms with Crippen LogP contribution in [0.2, 0.25) is 0 Å². The van der Waals surface area contributed by atoms with E-state index in [1.807, 2.05) is 37.5 Å². The molecule has 1 N–H and O–H groups in total. The molecule has 0 fully saturated rings. The molecular weight excluding hydrogens is 304 g/mol. The van der Waals surface area contributed by atoms with Gasteiger partial charge in [-0.2, -0.15) is 5.10 Å². The number of hydrazone groups is 1. The lowest BCUT2D eigenvalue weighted by molar-refractivity contribution is 0.905. The number of hydrogen-bond acceptors (Lipinski definition) is 3. The normalized spacial score (nSPS) is 16.0. The minimum Gasteiger partial charge on any atom is -0.350 e. The van der Waals surface area contributed by atoms with Gasteiger partial charge in [-0.05, 0) is 17.7 Å². The lowest BCUT2D eigenvalue weighted by Crippen LogP contribution is -2.26. The predicted molar refractivity (Wildman–Crippen MR) is 92.4 cm³/mol. The number of amidine groups is 1. The van der Waals surface area contributed by atoms with Gasteiger partial charge in [0.05, 0.1) is 18.0 Å². The fraction of sp³-hybridized carbons (Fsp3) is 0.200. The number of halogens is 1. The van der Waals surface area contributed by atoms with Crippen LogP contribution < -0.4 is 5.43 Å². The number of thioether (sulfide) groups is 1. The van der Waals surface area contributed by atoms with Gasteiger partial charge in [0.2, 0.25) is 0 Å². The average molecular weight is 321 g/mol. The van der Waals surface area contributed by atoms with E-state index in [0.29, 0.717) is 6.54 Å². The van der Waals surface area contributed by atoms with Gasteiger partial charge >= 0.3 is 0 Å². The van der Waals surface area contributed by atoms with E-state index in [-0.39, 0.29) is 12.4 Å². The summed E-state index contributed by atoms with van der Waals surface area (Å²) in [5, 5.41) is 5.30. The summed E-state index contributed by atoms with van der Waals surface area (Å²) in [7, 11) is 2.03. The summed E-state index contributed by atoms with van der Waals surface area (Å²) in [6.45, 7) is 0.686. The molecular formula is C15H17ClN4S. The van der Waals surface area contributed by atoms with Crippen molar-refractivity contribution in [1.29, 1.82) is 0 Å². The van der Waals surface area contributed by atoms with Crippen LogP contribution in [0, 0.1) is 0 Å². The molecule has 1 aliphatic rings. The molecule has 0 amide bonds. The van der Waals surface area contributed by atoms with Gasteiger partial charge in [0.15, 0.2) is 5.17 Å². The Morgan fingerprint density at radius 2 is 2.05 bits per heavy atom. The zero-order valence-corrected chi connectivity index (χ0v) is 13.3. The lowest BCUT2D eigenvalue weighted by Gasteiger charge is -2.15. The van der Waals surface area contributed by atoms with Crippen molar-refractivity contribution in [2.75, 3.05) is 5.75 Å². The van der Waals surface area contributed by atoms with Crippen LogP contribution in [-0.2, 0) is 13.6 Å². The quantitative estimate of drug-likeness (QED) is 0.944. The molecule has 0 aliphatic carbocycles. The van der Waals surface area contributed by atoms with E-state index in [1.165, 1.54) is 5.56 Å². The number of benzene rings is 1. The first-order valence-electron chi connectivity index (χ1n) is 6.48. The molecule has 4 nitrogen and oxygen atoms in total. The van der Waals surface area contributed by atoms with Crippen LogP contribution in [0.3, 0.4) is 0 Å². The van der Waals surface area contributed by atoms with Gasteiger partial charge in [0.1, 0.15) is 0 Å². The third-order valence-corrected chi connectivity index (χ3v) is 4.03. The zero-order chi connectivity index (χ0) is 13.8. The highest BCUT2D eigenvalue weighted by Gasteiger charge is 2.14. The second kappa shape index (κ2) is 7.33. The van der Waals surface area contributed by atoms with Crippen LogP contribution in [-0.4, -0.2) is 21.2 Å². The van der Waals surface area contributed by atoms with Crippen molar-refractivity contribution >= 4 is 35.0 Å². The molecule has 0 saturated carbocycles. The lowest BCUT2D eigenvalue weighted by atomic mass is 10.2. The van der Waals surface area contributed by atoms with Gasteiger partial charge in [-0.1, -0.05) is 42.1 Å². The third-order valence-electron chi connectivity index (χ3n) is 3.12. The van der Waals surface area contributed by atoms with Crippen molar-refractivity contribution in [3.63, 3.8) is 0 Å². The summed E-state index contributed by atoms with van der Waals surface area (Å²) >= 11 is 1.69. The molecule has 1 aromatic carbocycles. The molecule has 1 aromatic heterocycles. The second-order valence-corrected chi connectivity index (χ2v) is 5.53. The summed E-state index contributed by atoms with van der Waals surface area (Å²) in [6, 6.07) is 14.3. The number of aliphatic imine (C=N–C) groups is 1. The molecule has 3 rings (SSSR count). The summed E-state index contributed by atoms with van der Waals surface area (Å²) in [5.74, 6) is 0.846. The molecule has 0 saturated heterocycles. The smallest absolute Gasteiger partial charge is 0.177 e. The SMILES string of the molecule is Cl.Cn1cccc1C1=NNC(=NCc2ccccc2)SC1. The van der Waals surface area contributed by atoms with Gasteiger partial charge in [-0.15, -0.1) is 12.4 Å². The first-order chi connectivity index (χ1) is 9.83. The van der Waals surface area contributed by atoms with Gasteiger partial charge in [-0.3, -0.25) is 10.4 Å². The van der Waals surface area contributed by atoms with Crippen LogP contribution in [0.25, 0.3) is 0 Å². The Morgan fingerprint density at radius 3 is 2.67 bits per heavy atom. The summed E-state index contributed by atoms with van der Waals surface area (Å²) in [4.78, 5) is 4.55. The zero-order valence-electron chi connectivity index (χ0n) is 11.7. The highest BCUT2D eigenvalue weighted by atomic mass is 35.5. The van der Waals surface area contributed by atoms with Gasteiger partial charge < -0.3 is 4.57 Å². The number of aryl methyl sites for hydroxylation is 1. The number of nitrogens with zero attached hydrogens (tertiary/aromatic N) is 3. The molecule has 110 valence electrons. The maximum absolute atomic E-state index is 4.55.